The summed E-state index contributed by atoms with van der Waals surface area (Å²) in [5.41, 5.74) is 9.47. The van der Waals surface area contributed by atoms with Crippen LogP contribution in [0, 0.1) is 57.7 Å². The Bertz CT molecular complexity index is 2060. The Morgan fingerprint density at radius 2 is 1.88 bits per heavy atom. The summed E-state index contributed by atoms with van der Waals surface area (Å²) in [6.07, 6.45) is 34.5. The molecule has 3 aliphatic heterocycles. The van der Waals surface area contributed by atoms with Gasteiger partial charge in [-0.15, -0.1) is 0 Å². The first kappa shape index (κ1) is 31.7. The molecule has 0 saturated carbocycles. The first-order valence-electron chi connectivity index (χ1n) is 18.9. The summed E-state index contributed by atoms with van der Waals surface area (Å²) in [6, 6.07) is 17.1. The maximum atomic E-state index is 9.96. The number of benzene rings is 1. The highest BCUT2D eigenvalue weighted by Gasteiger charge is 2.52. The van der Waals surface area contributed by atoms with Crippen molar-refractivity contribution in [3.8, 4) is 18.2 Å². The summed E-state index contributed by atoms with van der Waals surface area (Å²) >= 11 is 0. The number of hydrogen-bond donors (Lipinski definition) is 1. The Kier molecular flexibility index (Phi) is 7.78. The molecular weight excluding hydrogens is 625 g/mol. The number of para-hydroxylation sites is 1. The fraction of sp³-hybridized carbons (Fsp3) is 0.400. The van der Waals surface area contributed by atoms with Crippen LogP contribution < -0.4 is 10.2 Å². The summed E-state index contributed by atoms with van der Waals surface area (Å²) < 4.78 is 0. The molecule has 0 bridgehead atoms. The number of hydrogen-bond acceptors (Lipinski definition) is 6. The molecule has 5 aliphatic carbocycles. The van der Waals surface area contributed by atoms with Crippen LogP contribution in [0.25, 0.3) is 0 Å². The number of fused-ring (bicyclic) bond motifs is 5. The molecule has 0 saturated heterocycles. The zero-order valence-corrected chi connectivity index (χ0v) is 29.2. The summed E-state index contributed by atoms with van der Waals surface area (Å²) in [5.74, 6) is 0.985. The van der Waals surface area contributed by atoms with Gasteiger partial charge in [0.2, 0.25) is 0 Å². The van der Waals surface area contributed by atoms with Crippen molar-refractivity contribution in [3.05, 3.63) is 137 Å². The molecule has 8 aliphatic rings. The second-order valence-corrected chi connectivity index (χ2v) is 15.9. The van der Waals surface area contributed by atoms with Crippen LogP contribution in [-0.2, 0) is 0 Å². The van der Waals surface area contributed by atoms with E-state index in [1.165, 1.54) is 40.3 Å². The van der Waals surface area contributed by atoms with Gasteiger partial charge in [0.15, 0.2) is 0 Å². The molecule has 9 rings (SSSR count). The van der Waals surface area contributed by atoms with Gasteiger partial charge in [0.1, 0.15) is 0 Å². The number of allylic oxidation sites excluding steroid dienone is 10. The smallest absolute Gasteiger partial charge is 0.0988 e. The Labute approximate surface area is 302 Å². The van der Waals surface area contributed by atoms with Crippen LogP contribution in [0.2, 0.25) is 0 Å². The lowest BCUT2D eigenvalue weighted by Gasteiger charge is -2.52. The summed E-state index contributed by atoms with van der Waals surface area (Å²) in [5, 5.41) is 33.3. The number of nitrogens with one attached hydrogen (secondary N) is 1. The third-order valence-corrected chi connectivity index (χ3v) is 12.9. The van der Waals surface area contributed by atoms with E-state index in [2.05, 4.69) is 131 Å². The van der Waals surface area contributed by atoms with E-state index >= 15 is 0 Å². The molecule has 6 heteroatoms. The van der Waals surface area contributed by atoms with Gasteiger partial charge in [-0.05, 0) is 87.3 Å². The molecule has 9 unspecified atom stereocenters. The molecule has 0 aromatic heterocycles. The monoisotopic (exact) mass is 668 g/mol. The quantitative estimate of drug-likeness (QED) is 0.323. The minimum atomic E-state index is -0.200. The lowest BCUT2D eigenvalue weighted by Crippen LogP contribution is -2.56. The van der Waals surface area contributed by atoms with Gasteiger partial charge in [0, 0.05) is 75.6 Å². The van der Waals surface area contributed by atoms with E-state index in [4.69, 9.17) is 0 Å². The van der Waals surface area contributed by atoms with Crippen molar-refractivity contribution in [1.29, 1.82) is 15.8 Å². The Morgan fingerprint density at radius 1 is 0.980 bits per heavy atom. The first-order chi connectivity index (χ1) is 25.0. The van der Waals surface area contributed by atoms with Gasteiger partial charge in [0.25, 0.3) is 0 Å². The fourth-order valence-electron chi connectivity index (χ4n) is 10.7. The lowest BCUT2D eigenvalue weighted by molar-refractivity contribution is 0.0677. The molecule has 1 aromatic rings. The molecule has 3 heterocycles. The van der Waals surface area contributed by atoms with Gasteiger partial charge in [-0.2, -0.15) is 15.8 Å². The van der Waals surface area contributed by atoms with E-state index in [1.807, 2.05) is 6.08 Å². The number of nitriles is 3. The molecular formula is C45H44N6. The van der Waals surface area contributed by atoms with E-state index in [0.717, 1.165) is 56.1 Å². The van der Waals surface area contributed by atoms with Crippen LogP contribution >= 0.6 is 0 Å². The molecule has 0 fully saturated rings. The highest BCUT2D eigenvalue weighted by molar-refractivity contribution is 5.68. The predicted octanol–water partition coefficient (Wildman–Crippen LogP) is 8.70. The number of rotatable bonds is 4. The van der Waals surface area contributed by atoms with Crippen molar-refractivity contribution < 1.29 is 0 Å². The van der Waals surface area contributed by atoms with Gasteiger partial charge in [0.05, 0.1) is 36.2 Å². The minimum absolute atomic E-state index is 0.123. The van der Waals surface area contributed by atoms with Crippen LogP contribution in [0.4, 0.5) is 5.69 Å². The van der Waals surface area contributed by atoms with Crippen molar-refractivity contribution in [3.63, 3.8) is 0 Å². The molecule has 0 radical (unpaired) electrons. The van der Waals surface area contributed by atoms with Crippen LogP contribution in [0.5, 0.6) is 0 Å². The van der Waals surface area contributed by atoms with Gasteiger partial charge in [-0.1, -0.05) is 72.9 Å². The Morgan fingerprint density at radius 3 is 2.71 bits per heavy atom. The zero-order valence-electron chi connectivity index (χ0n) is 29.2. The van der Waals surface area contributed by atoms with Crippen molar-refractivity contribution in [2.45, 2.75) is 87.9 Å². The molecule has 1 N–H and O–H groups in total. The molecule has 1 aromatic carbocycles. The largest absolute Gasteiger partial charge is 0.381 e. The predicted molar refractivity (Wildman–Crippen MR) is 200 cm³/mol. The summed E-state index contributed by atoms with van der Waals surface area (Å²) in [6.45, 7) is 2.49. The van der Waals surface area contributed by atoms with Crippen molar-refractivity contribution in [1.82, 2.24) is 10.2 Å². The van der Waals surface area contributed by atoms with Crippen LogP contribution in [0.15, 0.2) is 131 Å². The van der Waals surface area contributed by atoms with Crippen LogP contribution in [0.3, 0.4) is 0 Å². The number of nitrogens with zero attached hydrogens (tertiary/aromatic N) is 5. The molecule has 51 heavy (non-hydrogen) atoms. The summed E-state index contributed by atoms with van der Waals surface area (Å²) in [7, 11) is 0. The van der Waals surface area contributed by atoms with E-state index in [0.29, 0.717) is 12.0 Å². The van der Waals surface area contributed by atoms with E-state index in [9.17, 15) is 15.8 Å². The van der Waals surface area contributed by atoms with Crippen LogP contribution in [-0.4, -0.2) is 28.6 Å². The maximum Gasteiger partial charge on any atom is 0.0988 e. The van der Waals surface area contributed by atoms with Crippen molar-refractivity contribution in [2.24, 2.45) is 23.7 Å². The molecule has 9 atom stereocenters. The van der Waals surface area contributed by atoms with Crippen molar-refractivity contribution >= 4 is 5.69 Å². The van der Waals surface area contributed by atoms with Crippen molar-refractivity contribution in [2.75, 3.05) is 4.90 Å². The number of dihydropyridines is 1. The maximum absolute atomic E-state index is 9.96. The summed E-state index contributed by atoms with van der Waals surface area (Å²) in [4.78, 5) is 5.45. The van der Waals surface area contributed by atoms with E-state index in [-0.39, 0.29) is 41.3 Å². The van der Waals surface area contributed by atoms with E-state index in [1.54, 1.807) is 0 Å². The zero-order chi connectivity index (χ0) is 34.7. The molecule has 254 valence electrons. The molecule has 0 amide bonds. The lowest BCUT2D eigenvalue weighted by atomic mass is 9.73. The molecule has 6 nitrogen and oxygen atoms in total. The standard InChI is InChI=1S/C45H44N6/c1-45(51-43-19-15-30(27-47)21-37(43)38-22-31(28-48)16-20-44(38)51)24-33(40-10-6-9-39(49-40)32-17-13-29(26-46)14-18-32)23-34(25-45)50-41-11-4-2-7-35(41)36-8-3-5-12-42(36)50/h2,4-7,9-15,17,19,22-23,30,32-33,36,38,40,42,44,49H,3,8,16,18,20-21,24-25H2,1H3. The average molecular weight is 669 g/mol. The molecule has 0 spiro atoms. The third kappa shape index (κ3) is 5.26. The van der Waals surface area contributed by atoms with Gasteiger partial charge in [-0.3, -0.25) is 0 Å². The normalized spacial score (nSPS) is 35.9. The topological polar surface area (TPSA) is 89.9 Å². The van der Waals surface area contributed by atoms with Gasteiger partial charge < -0.3 is 15.1 Å². The van der Waals surface area contributed by atoms with Gasteiger partial charge >= 0.3 is 0 Å². The van der Waals surface area contributed by atoms with Gasteiger partial charge in [-0.25, -0.2) is 0 Å². The highest BCUT2D eigenvalue weighted by Crippen LogP contribution is 2.55. The fourth-order valence-corrected chi connectivity index (χ4v) is 10.7. The second kappa shape index (κ2) is 12.5. The minimum Gasteiger partial charge on any atom is -0.381 e. The number of anilines is 1. The Hall–Kier alpha value is -5.25. The highest BCUT2D eigenvalue weighted by atomic mass is 15.3. The van der Waals surface area contributed by atoms with Crippen LogP contribution in [0.1, 0.15) is 69.8 Å². The van der Waals surface area contributed by atoms with E-state index < -0.39 is 0 Å². The SMILES string of the molecule is CC1(N2C3=C(CC(C#N)C=C3)C3C=C(C#N)CCC32)CC(N2c3ccccc3C3CCC=CC32)=CC(C2C=CC=C(C3C=CC(C#N)=CC3)N2)C1. The second-order valence-electron chi connectivity index (χ2n) is 15.9. The average Bonchev–Trinajstić information content (AvgIpc) is 3.70. The Balaban J connectivity index is 1.12. The third-order valence-electron chi connectivity index (χ3n) is 12.9. The first-order valence-corrected chi connectivity index (χ1v) is 18.9.